The fourth-order valence-corrected chi connectivity index (χ4v) is 2.22. The molecule has 0 aliphatic heterocycles. The van der Waals surface area contributed by atoms with E-state index >= 15 is 0 Å². The number of aldehydes is 1. The van der Waals surface area contributed by atoms with Crippen LogP contribution in [0.2, 0.25) is 0 Å². The van der Waals surface area contributed by atoms with Crippen molar-refractivity contribution in [2.24, 2.45) is 0 Å². The number of carbonyl (C=O) groups is 1. The van der Waals surface area contributed by atoms with Gasteiger partial charge in [-0.15, -0.1) is 0 Å². The number of halogens is 1. The Kier molecular flexibility index (Phi) is 3.28. The smallest absolute Gasteiger partial charge is 0.150 e. The summed E-state index contributed by atoms with van der Waals surface area (Å²) in [5.41, 5.74) is 3.98. The van der Waals surface area contributed by atoms with E-state index in [4.69, 9.17) is 0 Å². The fourth-order valence-electron chi connectivity index (χ4n) is 2.22. The zero-order valence-corrected chi connectivity index (χ0v) is 10.7. The summed E-state index contributed by atoms with van der Waals surface area (Å²) >= 11 is 0. The van der Waals surface area contributed by atoms with Gasteiger partial charge in [0.05, 0.1) is 11.4 Å². The number of nitrogens with zero attached hydrogens (tertiary/aromatic N) is 2. The molecule has 2 aromatic rings. The van der Waals surface area contributed by atoms with Crippen molar-refractivity contribution in [1.29, 1.82) is 0 Å². The third-order valence-electron chi connectivity index (χ3n) is 3.08. The van der Waals surface area contributed by atoms with Crippen LogP contribution in [0.4, 0.5) is 4.39 Å². The molecule has 4 heteroatoms. The second kappa shape index (κ2) is 4.72. The maximum absolute atomic E-state index is 13.4. The molecule has 0 saturated carbocycles. The monoisotopic (exact) mass is 246 g/mol. The van der Waals surface area contributed by atoms with E-state index in [0.717, 1.165) is 23.4 Å². The summed E-state index contributed by atoms with van der Waals surface area (Å²) in [5, 5.41) is 4.40. The molecular formula is C14H15FN2O. The van der Waals surface area contributed by atoms with Gasteiger partial charge in [0.1, 0.15) is 12.1 Å². The number of aryl methyl sites for hydroxylation is 1. The Morgan fingerprint density at radius 1 is 1.33 bits per heavy atom. The molecule has 0 aliphatic rings. The van der Waals surface area contributed by atoms with Crippen LogP contribution in [0.3, 0.4) is 0 Å². The van der Waals surface area contributed by atoms with Crippen LogP contribution >= 0.6 is 0 Å². The van der Waals surface area contributed by atoms with E-state index in [1.165, 1.54) is 12.1 Å². The SMILES string of the molecule is CCc1c(C)nn(-c2cc(F)cc(C=O)c2)c1C. The average molecular weight is 246 g/mol. The van der Waals surface area contributed by atoms with E-state index in [2.05, 4.69) is 12.0 Å². The van der Waals surface area contributed by atoms with Crippen molar-refractivity contribution in [3.05, 3.63) is 46.5 Å². The van der Waals surface area contributed by atoms with Crippen LogP contribution in [0.5, 0.6) is 0 Å². The minimum Gasteiger partial charge on any atom is -0.298 e. The van der Waals surface area contributed by atoms with Crippen molar-refractivity contribution < 1.29 is 9.18 Å². The van der Waals surface area contributed by atoms with Gasteiger partial charge >= 0.3 is 0 Å². The van der Waals surface area contributed by atoms with Crippen LogP contribution in [-0.2, 0) is 6.42 Å². The molecule has 0 amide bonds. The van der Waals surface area contributed by atoms with E-state index < -0.39 is 5.82 Å². The zero-order valence-electron chi connectivity index (χ0n) is 10.7. The molecule has 3 nitrogen and oxygen atoms in total. The highest BCUT2D eigenvalue weighted by atomic mass is 19.1. The standard InChI is InChI=1S/C14H15FN2O/c1-4-14-9(2)16-17(10(14)3)13-6-11(8-18)5-12(15)7-13/h5-8H,4H2,1-3H3. The van der Waals surface area contributed by atoms with Crippen LogP contribution < -0.4 is 0 Å². The quantitative estimate of drug-likeness (QED) is 0.780. The molecule has 1 aromatic heterocycles. The highest BCUT2D eigenvalue weighted by molar-refractivity contribution is 5.76. The number of rotatable bonds is 3. The lowest BCUT2D eigenvalue weighted by Gasteiger charge is -2.06. The number of hydrogen-bond acceptors (Lipinski definition) is 2. The average Bonchev–Trinajstić information content (AvgIpc) is 2.63. The lowest BCUT2D eigenvalue weighted by molar-refractivity contribution is 0.112. The second-order valence-electron chi connectivity index (χ2n) is 4.28. The van der Waals surface area contributed by atoms with E-state index in [-0.39, 0.29) is 0 Å². The maximum atomic E-state index is 13.4. The Morgan fingerprint density at radius 3 is 2.61 bits per heavy atom. The maximum Gasteiger partial charge on any atom is 0.150 e. The first kappa shape index (κ1) is 12.5. The van der Waals surface area contributed by atoms with Crippen molar-refractivity contribution >= 4 is 6.29 Å². The third kappa shape index (κ3) is 2.06. The first-order valence-electron chi connectivity index (χ1n) is 5.88. The molecule has 0 atom stereocenters. The van der Waals surface area contributed by atoms with Crippen molar-refractivity contribution in [1.82, 2.24) is 9.78 Å². The fraction of sp³-hybridized carbons (Fsp3) is 0.286. The first-order valence-corrected chi connectivity index (χ1v) is 5.88. The molecule has 0 aliphatic carbocycles. The summed E-state index contributed by atoms with van der Waals surface area (Å²) in [6.07, 6.45) is 1.52. The van der Waals surface area contributed by atoms with Crippen LogP contribution in [0.25, 0.3) is 5.69 Å². The van der Waals surface area contributed by atoms with E-state index in [9.17, 15) is 9.18 Å². The van der Waals surface area contributed by atoms with Crippen LogP contribution in [0.15, 0.2) is 18.2 Å². The Morgan fingerprint density at radius 2 is 2.06 bits per heavy atom. The molecule has 1 aromatic carbocycles. The summed E-state index contributed by atoms with van der Waals surface area (Å²) < 4.78 is 15.1. The predicted molar refractivity (Wildman–Crippen MR) is 67.8 cm³/mol. The molecular weight excluding hydrogens is 231 g/mol. The lowest BCUT2D eigenvalue weighted by Crippen LogP contribution is -2.01. The molecule has 0 unspecified atom stereocenters. The topological polar surface area (TPSA) is 34.9 Å². The van der Waals surface area contributed by atoms with Gasteiger partial charge in [0.15, 0.2) is 0 Å². The minimum absolute atomic E-state index is 0.315. The normalized spacial score (nSPS) is 10.7. The molecule has 0 bridgehead atoms. The lowest BCUT2D eigenvalue weighted by atomic mass is 10.1. The number of carbonyl (C=O) groups excluding carboxylic acids is 1. The molecule has 0 saturated heterocycles. The highest BCUT2D eigenvalue weighted by Gasteiger charge is 2.12. The summed E-state index contributed by atoms with van der Waals surface area (Å²) in [6.45, 7) is 5.94. The highest BCUT2D eigenvalue weighted by Crippen LogP contribution is 2.19. The Hall–Kier alpha value is -1.97. The summed E-state index contributed by atoms with van der Waals surface area (Å²) in [6, 6.07) is 4.23. The Balaban J connectivity index is 2.61. The molecule has 0 fully saturated rings. The van der Waals surface area contributed by atoms with Gasteiger partial charge in [-0.25, -0.2) is 9.07 Å². The predicted octanol–water partition coefficient (Wildman–Crippen LogP) is 3.00. The van der Waals surface area contributed by atoms with Gasteiger partial charge < -0.3 is 0 Å². The van der Waals surface area contributed by atoms with Gasteiger partial charge in [-0.05, 0) is 44.0 Å². The van der Waals surface area contributed by atoms with Gasteiger partial charge in [0.2, 0.25) is 0 Å². The Labute approximate surface area is 105 Å². The van der Waals surface area contributed by atoms with Gasteiger partial charge in [-0.3, -0.25) is 4.79 Å². The van der Waals surface area contributed by atoms with Gasteiger partial charge in [-0.2, -0.15) is 5.10 Å². The summed E-state index contributed by atoms with van der Waals surface area (Å²) in [5.74, 6) is -0.430. The summed E-state index contributed by atoms with van der Waals surface area (Å²) in [4.78, 5) is 10.8. The minimum atomic E-state index is -0.430. The van der Waals surface area contributed by atoms with Gasteiger partial charge in [-0.1, -0.05) is 6.92 Å². The van der Waals surface area contributed by atoms with Gasteiger partial charge in [0.25, 0.3) is 0 Å². The van der Waals surface area contributed by atoms with E-state index in [0.29, 0.717) is 17.5 Å². The molecule has 0 N–H and O–H groups in total. The molecule has 2 rings (SSSR count). The molecule has 94 valence electrons. The summed E-state index contributed by atoms with van der Waals surface area (Å²) in [7, 11) is 0. The number of benzene rings is 1. The van der Waals surface area contributed by atoms with Crippen molar-refractivity contribution in [2.45, 2.75) is 27.2 Å². The molecule has 1 heterocycles. The van der Waals surface area contributed by atoms with Crippen molar-refractivity contribution in [3.63, 3.8) is 0 Å². The zero-order chi connectivity index (χ0) is 13.3. The number of hydrogen-bond donors (Lipinski definition) is 0. The number of aromatic nitrogens is 2. The Bertz CT molecular complexity index is 602. The van der Waals surface area contributed by atoms with Crippen LogP contribution in [0.1, 0.15) is 34.2 Å². The van der Waals surface area contributed by atoms with Crippen molar-refractivity contribution in [3.8, 4) is 5.69 Å². The van der Waals surface area contributed by atoms with Crippen LogP contribution in [0, 0.1) is 19.7 Å². The molecule has 0 spiro atoms. The third-order valence-corrected chi connectivity index (χ3v) is 3.08. The van der Waals surface area contributed by atoms with Crippen molar-refractivity contribution in [2.75, 3.05) is 0 Å². The van der Waals surface area contributed by atoms with Gasteiger partial charge in [0, 0.05) is 11.3 Å². The largest absolute Gasteiger partial charge is 0.298 e. The molecule has 18 heavy (non-hydrogen) atoms. The second-order valence-corrected chi connectivity index (χ2v) is 4.28. The van der Waals surface area contributed by atoms with Crippen LogP contribution in [-0.4, -0.2) is 16.1 Å². The van der Waals surface area contributed by atoms with E-state index in [1.54, 1.807) is 10.7 Å². The molecule has 0 radical (unpaired) electrons. The van der Waals surface area contributed by atoms with E-state index in [1.807, 2.05) is 13.8 Å². The first-order chi connectivity index (χ1) is 8.56.